The van der Waals surface area contributed by atoms with Crippen LogP contribution in [0.3, 0.4) is 0 Å². The van der Waals surface area contributed by atoms with Crippen molar-refractivity contribution in [1.29, 1.82) is 0 Å². The van der Waals surface area contributed by atoms with Crippen LogP contribution >= 0.6 is 11.6 Å². The summed E-state index contributed by atoms with van der Waals surface area (Å²) in [6, 6.07) is 9.44. The highest BCUT2D eigenvalue weighted by molar-refractivity contribution is 6.30. The molecule has 0 saturated carbocycles. The molecule has 55 valence electrons. The minimum Gasteiger partial charge on any atom is -0.0843 e. The van der Waals surface area contributed by atoms with Crippen molar-refractivity contribution in [2.45, 2.75) is 13.3 Å². The maximum absolute atomic E-state index is 5.54. The molecular weight excluding hydrogens is 144 g/mol. The minimum atomic E-state index is 0.794. The van der Waals surface area contributed by atoms with Crippen LogP contribution in [-0.4, -0.2) is 0 Å². The molecule has 0 unspecified atom stereocenters. The Kier molecular flexibility index (Phi) is 6.30. The second-order valence-electron chi connectivity index (χ2n) is 1.80. The van der Waals surface area contributed by atoms with E-state index in [4.69, 9.17) is 11.6 Å². The zero-order valence-corrected chi connectivity index (χ0v) is 6.93. The van der Waals surface area contributed by atoms with E-state index < -0.39 is 0 Å². The topological polar surface area (TPSA) is 0 Å². The summed E-state index contributed by atoms with van der Waals surface area (Å²) in [7, 11) is 0. The summed E-state index contributed by atoms with van der Waals surface area (Å²) in [5, 5.41) is 0.794. The highest BCUT2D eigenvalue weighted by Gasteiger charge is 1.74. The van der Waals surface area contributed by atoms with Gasteiger partial charge in [0.25, 0.3) is 0 Å². The molecule has 1 radical (unpaired) electrons. The van der Waals surface area contributed by atoms with E-state index in [1.807, 2.05) is 37.3 Å². The Morgan fingerprint density at radius 3 is 1.90 bits per heavy atom. The van der Waals surface area contributed by atoms with E-state index in [2.05, 4.69) is 6.92 Å². The van der Waals surface area contributed by atoms with Gasteiger partial charge in [0.05, 0.1) is 0 Å². The standard InChI is InChI=1S/C6H5Cl.C3H7/c7-6-4-2-1-3-5-6;1-3-2/h1-5H;1,3H2,2H3. The summed E-state index contributed by atoms with van der Waals surface area (Å²) in [5.41, 5.74) is 0. The first kappa shape index (κ1) is 9.51. The average molecular weight is 156 g/mol. The van der Waals surface area contributed by atoms with Crippen molar-refractivity contribution in [3.63, 3.8) is 0 Å². The maximum Gasteiger partial charge on any atom is 0.0405 e. The molecule has 0 aliphatic rings. The average Bonchev–Trinajstić information content (AvgIpc) is 1.91. The van der Waals surface area contributed by atoms with E-state index in [0.717, 1.165) is 11.4 Å². The SMILES string of the molecule is Clc1ccccc1.[CH2]CC. The molecule has 0 amide bonds. The molecule has 0 aliphatic heterocycles. The summed E-state index contributed by atoms with van der Waals surface area (Å²) in [4.78, 5) is 0. The molecule has 1 aromatic rings. The zero-order valence-electron chi connectivity index (χ0n) is 6.18. The molecule has 0 fully saturated rings. The minimum absolute atomic E-state index is 0.794. The lowest BCUT2D eigenvalue weighted by atomic mass is 10.4. The number of rotatable bonds is 0. The van der Waals surface area contributed by atoms with Crippen molar-refractivity contribution in [2.75, 3.05) is 0 Å². The van der Waals surface area contributed by atoms with Gasteiger partial charge in [-0.1, -0.05) is 50.1 Å². The van der Waals surface area contributed by atoms with Crippen LogP contribution in [0.4, 0.5) is 0 Å². The highest BCUT2D eigenvalue weighted by Crippen LogP contribution is 2.03. The van der Waals surface area contributed by atoms with Gasteiger partial charge >= 0.3 is 0 Å². The normalized spacial score (nSPS) is 7.90. The van der Waals surface area contributed by atoms with Gasteiger partial charge in [-0.05, 0) is 12.1 Å². The number of halogens is 1. The van der Waals surface area contributed by atoms with Gasteiger partial charge in [0.1, 0.15) is 0 Å². The van der Waals surface area contributed by atoms with Crippen LogP contribution in [0.1, 0.15) is 13.3 Å². The highest BCUT2D eigenvalue weighted by atomic mass is 35.5. The number of benzene rings is 1. The van der Waals surface area contributed by atoms with Crippen LogP contribution in [-0.2, 0) is 0 Å². The van der Waals surface area contributed by atoms with Gasteiger partial charge in [-0.25, -0.2) is 0 Å². The maximum atomic E-state index is 5.54. The van der Waals surface area contributed by atoms with Crippen molar-refractivity contribution >= 4 is 11.6 Å². The molecule has 0 atom stereocenters. The molecule has 0 N–H and O–H groups in total. The number of hydrogen-bond acceptors (Lipinski definition) is 0. The molecule has 1 rings (SSSR count). The monoisotopic (exact) mass is 155 g/mol. The van der Waals surface area contributed by atoms with Gasteiger partial charge in [-0.3, -0.25) is 0 Å². The molecule has 0 nitrogen and oxygen atoms in total. The molecule has 1 aromatic carbocycles. The van der Waals surface area contributed by atoms with Crippen molar-refractivity contribution < 1.29 is 0 Å². The van der Waals surface area contributed by atoms with Crippen LogP contribution < -0.4 is 0 Å². The van der Waals surface area contributed by atoms with Gasteiger partial charge in [0, 0.05) is 5.02 Å². The van der Waals surface area contributed by atoms with Gasteiger partial charge in [0.15, 0.2) is 0 Å². The summed E-state index contributed by atoms with van der Waals surface area (Å²) in [6.07, 6.45) is 1.00. The Hall–Kier alpha value is -0.490. The molecule has 10 heavy (non-hydrogen) atoms. The fraction of sp³-hybridized carbons (Fsp3) is 0.222. The van der Waals surface area contributed by atoms with Crippen LogP contribution in [0.25, 0.3) is 0 Å². The van der Waals surface area contributed by atoms with Gasteiger partial charge < -0.3 is 0 Å². The van der Waals surface area contributed by atoms with E-state index >= 15 is 0 Å². The smallest absolute Gasteiger partial charge is 0.0405 e. The van der Waals surface area contributed by atoms with E-state index in [9.17, 15) is 0 Å². The third-order valence-corrected chi connectivity index (χ3v) is 0.985. The van der Waals surface area contributed by atoms with Crippen LogP contribution in [0.5, 0.6) is 0 Å². The lowest BCUT2D eigenvalue weighted by Crippen LogP contribution is -1.55. The third-order valence-electron chi connectivity index (χ3n) is 0.733. The lowest BCUT2D eigenvalue weighted by molar-refractivity contribution is 1.23. The zero-order chi connectivity index (χ0) is 7.82. The van der Waals surface area contributed by atoms with Crippen LogP contribution in [0.2, 0.25) is 5.02 Å². The fourth-order valence-electron chi connectivity index (χ4n) is 0.415. The fourth-order valence-corrected chi connectivity index (χ4v) is 0.560. The molecule has 1 heteroatoms. The Morgan fingerprint density at radius 1 is 1.30 bits per heavy atom. The van der Waals surface area contributed by atoms with E-state index in [0.29, 0.717) is 0 Å². The summed E-state index contributed by atoms with van der Waals surface area (Å²) in [5.74, 6) is 0. The largest absolute Gasteiger partial charge is 0.0843 e. The summed E-state index contributed by atoms with van der Waals surface area (Å²) < 4.78 is 0. The Balaban J connectivity index is 0.000000236. The van der Waals surface area contributed by atoms with Crippen LogP contribution in [0, 0.1) is 6.92 Å². The Morgan fingerprint density at radius 2 is 1.70 bits per heavy atom. The van der Waals surface area contributed by atoms with Crippen molar-refractivity contribution in [3.05, 3.63) is 42.3 Å². The Bertz CT molecular complexity index is 146. The quantitative estimate of drug-likeness (QED) is 0.538. The molecule has 0 bridgehead atoms. The first-order valence-corrected chi connectivity index (χ1v) is 3.68. The van der Waals surface area contributed by atoms with E-state index in [-0.39, 0.29) is 0 Å². The van der Waals surface area contributed by atoms with Gasteiger partial charge in [0.2, 0.25) is 0 Å². The first-order valence-electron chi connectivity index (χ1n) is 3.31. The number of hydrogen-bond donors (Lipinski definition) is 0. The van der Waals surface area contributed by atoms with E-state index in [1.54, 1.807) is 0 Å². The van der Waals surface area contributed by atoms with Crippen LogP contribution in [0.15, 0.2) is 30.3 Å². The third kappa shape index (κ3) is 5.64. The van der Waals surface area contributed by atoms with Gasteiger partial charge in [-0.2, -0.15) is 0 Å². The lowest BCUT2D eigenvalue weighted by Gasteiger charge is -1.80. The predicted octanol–water partition coefficient (Wildman–Crippen LogP) is 3.57. The van der Waals surface area contributed by atoms with Crippen molar-refractivity contribution in [1.82, 2.24) is 0 Å². The second kappa shape index (κ2) is 6.63. The summed E-state index contributed by atoms with van der Waals surface area (Å²) in [6.45, 7) is 5.50. The van der Waals surface area contributed by atoms with Crippen molar-refractivity contribution in [3.8, 4) is 0 Å². The molecule has 0 aliphatic carbocycles. The van der Waals surface area contributed by atoms with Crippen molar-refractivity contribution in [2.24, 2.45) is 0 Å². The molecule has 0 heterocycles. The first-order chi connectivity index (χ1) is 4.81. The second-order valence-corrected chi connectivity index (χ2v) is 2.23. The summed E-state index contributed by atoms with van der Waals surface area (Å²) >= 11 is 5.54. The Labute approximate surface area is 67.8 Å². The molecular formula is C9H12Cl. The van der Waals surface area contributed by atoms with Gasteiger partial charge in [-0.15, -0.1) is 0 Å². The molecule has 0 aromatic heterocycles. The van der Waals surface area contributed by atoms with E-state index in [1.165, 1.54) is 0 Å². The predicted molar refractivity (Wildman–Crippen MR) is 47.1 cm³/mol. The molecule has 0 saturated heterocycles. The molecule has 0 spiro atoms.